The molecule has 0 bridgehead atoms. The highest BCUT2D eigenvalue weighted by Gasteiger charge is 2.34. The van der Waals surface area contributed by atoms with Crippen LogP contribution in [0.15, 0.2) is 35.7 Å². The van der Waals surface area contributed by atoms with Gasteiger partial charge in [-0.3, -0.25) is 4.79 Å². The molecule has 1 atom stereocenters. The van der Waals surface area contributed by atoms with Crippen molar-refractivity contribution in [2.75, 3.05) is 0 Å². The molecule has 2 aromatic rings. The van der Waals surface area contributed by atoms with Gasteiger partial charge in [0.05, 0.1) is 0 Å². The summed E-state index contributed by atoms with van der Waals surface area (Å²) in [6, 6.07) is 9.74. The highest BCUT2D eigenvalue weighted by Crippen LogP contribution is 2.47. The maximum absolute atomic E-state index is 11.2. The number of benzene rings is 1. The Kier molecular flexibility index (Phi) is 1.70. The van der Waals surface area contributed by atoms with Crippen LogP contribution in [0.3, 0.4) is 0 Å². The molecule has 74 valence electrons. The van der Waals surface area contributed by atoms with Crippen molar-refractivity contribution in [1.82, 2.24) is 0 Å². The summed E-state index contributed by atoms with van der Waals surface area (Å²) in [7, 11) is 0. The molecule has 1 N–H and O–H groups in total. The van der Waals surface area contributed by atoms with E-state index in [0.29, 0.717) is 0 Å². The van der Waals surface area contributed by atoms with Crippen LogP contribution >= 0.6 is 11.3 Å². The second-order valence-corrected chi connectivity index (χ2v) is 4.50. The first kappa shape index (κ1) is 8.68. The fraction of sp³-hybridized carbons (Fsp3) is 0.0833. The van der Waals surface area contributed by atoms with E-state index in [1.807, 2.05) is 35.7 Å². The molecule has 0 spiro atoms. The second-order valence-electron chi connectivity index (χ2n) is 3.56. The van der Waals surface area contributed by atoms with E-state index >= 15 is 0 Å². The lowest BCUT2D eigenvalue weighted by Gasteiger charge is -2.05. The minimum atomic E-state index is -0.761. The summed E-state index contributed by atoms with van der Waals surface area (Å²) in [4.78, 5) is 12.2. The van der Waals surface area contributed by atoms with E-state index in [1.54, 1.807) is 0 Å². The molecule has 1 aromatic heterocycles. The molecule has 1 unspecified atom stereocenters. The van der Waals surface area contributed by atoms with E-state index in [4.69, 9.17) is 0 Å². The van der Waals surface area contributed by atoms with Gasteiger partial charge in [-0.15, -0.1) is 11.3 Å². The van der Waals surface area contributed by atoms with E-state index < -0.39 is 11.9 Å². The van der Waals surface area contributed by atoms with Crippen LogP contribution in [0.2, 0.25) is 0 Å². The lowest BCUT2D eigenvalue weighted by Crippen LogP contribution is -2.08. The lowest BCUT2D eigenvalue weighted by molar-refractivity contribution is -0.137. The van der Waals surface area contributed by atoms with Crippen LogP contribution in [0.4, 0.5) is 0 Å². The molecule has 15 heavy (non-hydrogen) atoms. The van der Waals surface area contributed by atoms with Crippen molar-refractivity contribution in [1.29, 1.82) is 0 Å². The number of hydrogen-bond donors (Lipinski definition) is 1. The Labute approximate surface area is 90.8 Å². The first-order valence-corrected chi connectivity index (χ1v) is 5.56. The van der Waals surface area contributed by atoms with Crippen LogP contribution in [-0.2, 0) is 4.79 Å². The van der Waals surface area contributed by atoms with Gasteiger partial charge in [-0.05, 0) is 28.1 Å². The van der Waals surface area contributed by atoms with Gasteiger partial charge in [-0.2, -0.15) is 0 Å². The molecule has 1 aliphatic carbocycles. The first-order chi connectivity index (χ1) is 7.29. The largest absolute Gasteiger partial charge is 0.481 e. The summed E-state index contributed by atoms with van der Waals surface area (Å²) in [6.45, 7) is 0. The topological polar surface area (TPSA) is 37.3 Å². The number of thiophene rings is 1. The number of fused-ring (bicyclic) bond motifs is 3. The minimum Gasteiger partial charge on any atom is -0.481 e. The average molecular weight is 216 g/mol. The summed E-state index contributed by atoms with van der Waals surface area (Å²) < 4.78 is 0. The smallest absolute Gasteiger partial charge is 0.316 e. The van der Waals surface area contributed by atoms with Crippen molar-refractivity contribution in [2.45, 2.75) is 5.92 Å². The van der Waals surface area contributed by atoms with Gasteiger partial charge in [0.1, 0.15) is 5.92 Å². The summed E-state index contributed by atoms with van der Waals surface area (Å²) in [5, 5.41) is 11.2. The van der Waals surface area contributed by atoms with Crippen molar-refractivity contribution in [3.8, 4) is 11.1 Å². The summed E-state index contributed by atoms with van der Waals surface area (Å²) in [5.74, 6) is -1.22. The van der Waals surface area contributed by atoms with Crippen LogP contribution in [0, 0.1) is 0 Å². The van der Waals surface area contributed by atoms with Gasteiger partial charge in [0.25, 0.3) is 0 Å². The van der Waals surface area contributed by atoms with Gasteiger partial charge in [0.15, 0.2) is 0 Å². The molecule has 1 aliphatic rings. The molecule has 0 radical (unpaired) electrons. The van der Waals surface area contributed by atoms with E-state index in [2.05, 4.69) is 0 Å². The molecular formula is C12H8O2S. The number of aliphatic carboxylic acids is 1. The van der Waals surface area contributed by atoms with Gasteiger partial charge in [0.2, 0.25) is 0 Å². The molecule has 0 aliphatic heterocycles. The van der Waals surface area contributed by atoms with Crippen molar-refractivity contribution in [2.24, 2.45) is 0 Å². The van der Waals surface area contributed by atoms with Crippen LogP contribution in [0.25, 0.3) is 11.1 Å². The SMILES string of the molecule is O=C(O)C1c2ccccc2-c2ccsc21. The quantitative estimate of drug-likeness (QED) is 0.795. The fourth-order valence-electron chi connectivity index (χ4n) is 2.15. The van der Waals surface area contributed by atoms with E-state index in [1.165, 1.54) is 11.3 Å². The average Bonchev–Trinajstić information content (AvgIpc) is 2.75. The number of hydrogen-bond acceptors (Lipinski definition) is 2. The van der Waals surface area contributed by atoms with Gasteiger partial charge in [-0.1, -0.05) is 24.3 Å². The summed E-state index contributed by atoms with van der Waals surface area (Å²) >= 11 is 1.52. The van der Waals surface area contributed by atoms with Gasteiger partial charge in [0, 0.05) is 4.88 Å². The van der Waals surface area contributed by atoms with Crippen molar-refractivity contribution in [3.05, 3.63) is 46.2 Å². The third-order valence-corrected chi connectivity index (χ3v) is 3.75. The Balaban J connectivity index is 2.33. The Morgan fingerprint density at radius 3 is 2.80 bits per heavy atom. The van der Waals surface area contributed by atoms with Crippen LogP contribution in [-0.4, -0.2) is 11.1 Å². The van der Waals surface area contributed by atoms with Crippen molar-refractivity contribution >= 4 is 17.3 Å². The molecule has 0 amide bonds. The van der Waals surface area contributed by atoms with Gasteiger partial charge in [-0.25, -0.2) is 0 Å². The molecule has 0 fully saturated rings. The van der Waals surface area contributed by atoms with Crippen molar-refractivity contribution < 1.29 is 9.90 Å². The lowest BCUT2D eigenvalue weighted by atomic mass is 10.0. The monoisotopic (exact) mass is 216 g/mol. The zero-order chi connectivity index (χ0) is 10.4. The van der Waals surface area contributed by atoms with Gasteiger partial charge < -0.3 is 5.11 Å². The third kappa shape index (κ3) is 1.07. The molecule has 3 heteroatoms. The Bertz CT molecular complexity index is 542. The standard InChI is InChI=1S/C12H8O2S/c13-12(14)10-8-4-2-1-3-7(8)9-5-6-15-11(9)10/h1-6,10H,(H,13,14). The molecule has 3 rings (SSSR count). The molecule has 1 aromatic carbocycles. The predicted octanol–water partition coefficient (Wildman–Crippen LogP) is 2.95. The maximum atomic E-state index is 11.2. The predicted molar refractivity (Wildman–Crippen MR) is 59.2 cm³/mol. The third-order valence-electron chi connectivity index (χ3n) is 2.77. The van der Waals surface area contributed by atoms with E-state index in [9.17, 15) is 9.90 Å². The van der Waals surface area contributed by atoms with Gasteiger partial charge >= 0.3 is 5.97 Å². The minimum absolute atomic E-state index is 0.462. The van der Waals surface area contributed by atoms with Crippen LogP contribution < -0.4 is 0 Å². The molecular weight excluding hydrogens is 208 g/mol. The molecule has 2 nitrogen and oxygen atoms in total. The number of rotatable bonds is 1. The Hall–Kier alpha value is -1.61. The van der Waals surface area contributed by atoms with Crippen LogP contribution in [0.1, 0.15) is 16.4 Å². The summed E-state index contributed by atoms with van der Waals surface area (Å²) in [5.41, 5.74) is 3.08. The number of carbonyl (C=O) groups is 1. The highest BCUT2D eigenvalue weighted by molar-refractivity contribution is 7.10. The van der Waals surface area contributed by atoms with E-state index in [-0.39, 0.29) is 0 Å². The molecule has 0 saturated heterocycles. The molecule has 0 saturated carbocycles. The number of carboxylic acids is 1. The fourth-order valence-corrected chi connectivity index (χ4v) is 3.17. The normalized spacial score (nSPS) is 17.2. The van der Waals surface area contributed by atoms with Crippen molar-refractivity contribution in [3.63, 3.8) is 0 Å². The molecule has 1 heterocycles. The highest BCUT2D eigenvalue weighted by atomic mass is 32.1. The second kappa shape index (κ2) is 2.94. The zero-order valence-corrected chi connectivity index (χ0v) is 8.62. The van der Waals surface area contributed by atoms with E-state index in [0.717, 1.165) is 21.6 Å². The summed E-state index contributed by atoms with van der Waals surface area (Å²) in [6.07, 6.45) is 0. The zero-order valence-electron chi connectivity index (χ0n) is 7.81. The Morgan fingerprint density at radius 1 is 1.20 bits per heavy atom. The van der Waals surface area contributed by atoms with Crippen LogP contribution in [0.5, 0.6) is 0 Å². The first-order valence-electron chi connectivity index (χ1n) is 4.68. The number of carboxylic acid groups (broad SMARTS) is 1. The Morgan fingerprint density at radius 2 is 2.00 bits per heavy atom. The maximum Gasteiger partial charge on any atom is 0.316 e.